The van der Waals surface area contributed by atoms with E-state index in [9.17, 15) is 5.11 Å². The van der Waals surface area contributed by atoms with Crippen LogP contribution < -0.4 is 0 Å². The molecule has 1 saturated carbocycles. The molecule has 17 heavy (non-hydrogen) atoms. The first-order chi connectivity index (χ1) is 8.09. The molecule has 2 rings (SSSR count). The van der Waals surface area contributed by atoms with E-state index in [1.54, 1.807) is 0 Å². The highest BCUT2D eigenvalue weighted by atomic mass is 16.3. The van der Waals surface area contributed by atoms with E-state index in [-0.39, 0.29) is 5.60 Å². The second-order valence-corrected chi connectivity index (χ2v) is 6.31. The summed E-state index contributed by atoms with van der Waals surface area (Å²) in [4.78, 5) is 4.80. The molecule has 2 aliphatic rings. The molecule has 1 N–H and O–H groups in total. The van der Waals surface area contributed by atoms with E-state index in [1.807, 2.05) is 0 Å². The van der Waals surface area contributed by atoms with Crippen molar-refractivity contribution in [3.05, 3.63) is 0 Å². The van der Waals surface area contributed by atoms with Gasteiger partial charge in [-0.05, 0) is 46.3 Å². The standard InChI is InChI=1S/C14H28N2O/c1-15(2)11-13-7-6-10-16(13)12-14(17)8-4-3-5-9-14/h13,17H,3-12H2,1-2H3. The Morgan fingerprint density at radius 2 is 1.88 bits per heavy atom. The maximum absolute atomic E-state index is 10.6. The van der Waals surface area contributed by atoms with Gasteiger partial charge in [0.25, 0.3) is 0 Å². The lowest BCUT2D eigenvalue weighted by Crippen LogP contribution is -2.48. The maximum Gasteiger partial charge on any atom is 0.0774 e. The number of hydrogen-bond acceptors (Lipinski definition) is 3. The van der Waals surface area contributed by atoms with Crippen molar-refractivity contribution in [2.24, 2.45) is 0 Å². The van der Waals surface area contributed by atoms with Gasteiger partial charge in [0.2, 0.25) is 0 Å². The zero-order valence-electron chi connectivity index (χ0n) is 11.5. The predicted molar refractivity (Wildman–Crippen MR) is 71.2 cm³/mol. The van der Waals surface area contributed by atoms with Crippen molar-refractivity contribution in [3.8, 4) is 0 Å². The minimum Gasteiger partial charge on any atom is -0.389 e. The molecular weight excluding hydrogens is 212 g/mol. The lowest BCUT2D eigenvalue weighted by atomic mass is 9.84. The summed E-state index contributed by atoms with van der Waals surface area (Å²) in [7, 11) is 4.29. The van der Waals surface area contributed by atoms with Gasteiger partial charge in [-0.1, -0.05) is 19.3 Å². The Kier molecular flexibility index (Phi) is 4.45. The number of likely N-dealkylation sites (tertiary alicyclic amines) is 1. The van der Waals surface area contributed by atoms with Crippen LogP contribution in [0.3, 0.4) is 0 Å². The van der Waals surface area contributed by atoms with Crippen molar-refractivity contribution in [3.63, 3.8) is 0 Å². The molecule has 3 nitrogen and oxygen atoms in total. The summed E-state index contributed by atoms with van der Waals surface area (Å²) in [6, 6.07) is 0.663. The molecule has 0 bridgehead atoms. The van der Waals surface area contributed by atoms with Gasteiger partial charge in [0.15, 0.2) is 0 Å². The molecule has 1 atom stereocenters. The molecule has 3 heteroatoms. The fourth-order valence-electron chi connectivity index (χ4n) is 3.48. The van der Waals surface area contributed by atoms with Crippen molar-refractivity contribution >= 4 is 0 Å². The summed E-state index contributed by atoms with van der Waals surface area (Å²) in [6.07, 6.45) is 8.36. The van der Waals surface area contributed by atoms with E-state index in [0.29, 0.717) is 6.04 Å². The van der Waals surface area contributed by atoms with Gasteiger partial charge in [-0.3, -0.25) is 4.90 Å². The number of hydrogen-bond donors (Lipinski definition) is 1. The van der Waals surface area contributed by atoms with Gasteiger partial charge >= 0.3 is 0 Å². The van der Waals surface area contributed by atoms with Crippen LogP contribution in [0, 0.1) is 0 Å². The van der Waals surface area contributed by atoms with Crippen molar-refractivity contribution in [1.29, 1.82) is 0 Å². The molecule has 0 spiro atoms. The Labute approximate surface area is 106 Å². The SMILES string of the molecule is CN(C)CC1CCCN1CC1(O)CCCCC1. The Hall–Kier alpha value is -0.120. The average Bonchev–Trinajstić information content (AvgIpc) is 2.65. The van der Waals surface area contributed by atoms with E-state index in [1.165, 1.54) is 38.6 Å². The Morgan fingerprint density at radius 1 is 1.18 bits per heavy atom. The molecule has 0 amide bonds. The summed E-state index contributed by atoms with van der Waals surface area (Å²) in [5.74, 6) is 0. The van der Waals surface area contributed by atoms with Gasteiger partial charge in [0.1, 0.15) is 0 Å². The lowest BCUT2D eigenvalue weighted by Gasteiger charge is -2.38. The lowest BCUT2D eigenvalue weighted by molar-refractivity contribution is -0.0305. The van der Waals surface area contributed by atoms with Crippen molar-refractivity contribution in [1.82, 2.24) is 9.80 Å². The Morgan fingerprint density at radius 3 is 2.53 bits per heavy atom. The van der Waals surface area contributed by atoms with Gasteiger partial charge in [0, 0.05) is 19.1 Å². The van der Waals surface area contributed by atoms with Crippen LogP contribution in [0.2, 0.25) is 0 Å². The highest BCUT2D eigenvalue weighted by molar-refractivity contribution is 4.90. The second kappa shape index (κ2) is 5.68. The van der Waals surface area contributed by atoms with E-state index >= 15 is 0 Å². The third-order valence-electron chi connectivity index (χ3n) is 4.36. The fourth-order valence-corrected chi connectivity index (χ4v) is 3.48. The minimum atomic E-state index is -0.382. The number of rotatable bonds is 4. The molecular formula is C14H28N2O. The third kappa shape index (κ3) is 3.67. The van der Waals surface area contributed by atoms with Crippen molar-refractivity contribution in [2.45, 2.75) is 56.6 Å². The third-order valence-corrected chi connectivity index (χ3v) is 4.36. The van der Waals surface area contributed by atoms with Crippen LogP contribution in [-0.2, 0) is 0 Å². The monoisotopic (exact) mass is 240 g/mol. The summed E-state index contributed by atoms with van der Waals surface area (Å²) in [5.41, 5.74) is -0.382. The molecule has 1 aliphatic heterocycles. The quantitative estimate of drug-likeness (QED) is 0.810. The first-order valence-corrected chi connectivity index (χ1v) is 7.20. The van der Waals surface area contributed by atoms with E-state index in [2.05, 4.69) is 23.9 Å². The predicted octanol–water partition coefficient (Wildman–Crippen LogP) is 1.71. The van der Waals surface area contributed by atoms with Crippen LogP contribution in [-0.4, -0.2) is 60.3 Å². The molecule has 0 aromatic rings. The molecule has 1 saturated heterocycles. The van der Waals surface area contributed by atoms with Crippen LogP contribution in [0.1, 0.15) is 44.9 Å². The first kappa shape index (κ1) is 13.3. The smallest absolute Gasteiger partial charge is 0.0774 e. The molecule has 2 fully saturated rings. The van der Waals surface area contributed by atoms with Crippen molar-refractivity contribution < 1.29 is 5.11 Å². The van der Waals surface area contributed by atoms with Crippen LogP contribution in [0.25, 0.3) is 0 Å². The summed E-state index contributed by atoms with van der Waals surface area (Å²) in [6.45, 7) is 3.22. The Balaban J connectivity index is 1.88. The summed E-state index contributed by atoms with van der Waals surface area (Å²) < 4.78 is 0. The molecule has 100 valence electrons. The van der Waals surface area contributed by atoms with Crippen LogP contribution in [0.15, 0.2) is 0 Å². The minimum absolute atomic E-state index is 0.382. The second-order valence-electron chi connectivity index (χ2n) is 6.31. The molecule has 0 aromatic heterocycles. The zero-order chi connectivity index (χ0) is 12.3. The van der Waals surface area contributed by atoms with E-state index < -0.39 is 0 Å². The number of aliphatic hydroxyl groups is 1. The molecule has 1 unspecified atom stereocenters. The molecule has 0 radical (unpaired) electrons. The van der Waals surface area contributed by atoms with Crippen LogP contribution in [0.5, 0.6) is 0 Å². The average molecular weight is 240 g/mol. The molecule has 0 aromatic carbocycles. The fraction of sp³-hybridized carbons (Fsp3) is 1.00. The number of nitrogens with zero attached hydrogens (tertiary/aromatic N) is 2. The van der Waals surface area contributed by atoms with Crippen molar-refractivity contribution in [2.75, 3.05) is 33.7 Å². The normalized spacial score (nSPS) is 30.0. The molecule has 1 heterocycles. The first-order valence-electron chi connectivity index (χ1n) is 7.20. The van der Waals surface area contributed by atoms with E-state index in [0.717, 1.165) is 25.9 Å². The Bertz CT molecular complexity index is 236. The number of β-amino-alcohol motifs (C(OH)–C–C–N with tert-alkyl or cyclic N) is 1. The van der Waals surface area contributed by atoms with Gasteiger partial charge in [-0.15, -0.1) is 0 Å². The van der Waals surface area contributed by atoms with Gasteiger partial charge in [-0.25, -0.2) is 0 Å². The van der Waals surface area contributed by atoms with Gasteiger partial charge < -0.3 is 10.0 Å². The largest absolute Gasteiger partial charge is 0.389 e. The van der Waals surface area contributed by atoms with Crippen LogP contribution in [0.4, 0.5) is 0 Å². The summed E-state index contributed by atoms with van der Waals surface area (Å²) in [5, 5.41) is 10.6. The van der Waals surface area contributed by atoms with Gasteiger partial charge in [-0.2, -0.15) is 0 Å². The highest BCUT2D eigenvalue weighted by Gasteiger charge is 2.35. The van der Waals surface area contributed by atoms with E-state index in [4.69, 9.17) is 0 Å². The summed E-state index contributed by atoms with van der Waals surface area (Å²) >= 11 is 0. The zero-order valence-corrected chi connectivity index (χ0v) is 11.5. The highest BCUT2D eigenvalue weighted by Crippen LogP contribution is 2.31. The topological polar surface area (TPSA) is 26.7 Å². The van der Waals surface area contributed by atoms with Crippen LogP contribution >= 0.6 is 0 Å². The maximum atomic E-state index is 10.6. The molecule has 1 aliphatic carbocycles. The van der Waals surface area contributed by atoms with Gasteiger partial charge in [0.05, 0.1) is 5.60 Å². The number of likely N-dealkylation sites (N-methyl/N-ethyl adjacent to an activating group) is 1.